The summed E-state index contributed by atoms with van der Waals surface area (Å²) < 4.78 is 19.5. The first kappa shape index (κ1) is 17.1. The Morgan fingerprint density at radius 2 is 2.07 bits per heavy atom. The van der Waals surface area contributed by atoms with E-state index in [9.17, 15) is 9.18 Å². The lowest BCUT2D eigenvalue weighted by Gasteiger charge is -2.48. The standard InChI is InChI=1S/C21H24FN3O2/c1-13-8-18(17-5-4-15(22)9-19(17)23-13)21(26)24-6-7-25-16(10-24)11-27-12-20(25)14-2-3-14/h4-5,8-9,14,16,20H,2-3,6-7,10-12H2,1H3/t16-,20-/m1/s1. The third-order valence-corrected chi connectivity index (χ3v) is 6.14. The van der Waals surface area contributed by atoms with Gasteiger partial charge >= 0.3 is 0 Å². The molecule has 0 N–H and O–H groups in total. The van der Waals surface area contributed by atoms with Crippen LogP contribution in [0.2, 0.25) is 0 Å². The van der Waals surface area contributed by atoms with E-state index in [1.165, 1.54) is 25.0 Å². The summed E-state index contributed by atoms with van der Waals surface area (Å²) in [5, 5.41) is 0.713. The number of aryl methyl sites for hydroxylation is 1. The topological polar surface area (TPSA) is 45.7 Å². The number of halogens is 1. The van der Waals surface area contributed by atoms with Gasteiger partial charge in [-0.05, 0) is 43.9 Å². The highest BCUT2D eigenvalue weighted by Gasteiger charge is 2.43. The van der Waals surface area contributed by atoms with Crippen LogP contribution in [0.1, 0.15) is 28.9 Å². The van der Waals surface area contributed by atoms with Crippen molar-refractivity contribution in [1.29, 1.82) is 0 Å². The van der Waals surface area contributed by atoms with Gasteiger partial charge in [-0.2, -0.15) is 0 Å². The van der Waals surface area contributed by atoms with Crippen molar-refractivity contribution in [3.8, 4) is 0 Å². The fourth-order valence-electron chi connectivity index (χ4n) is 4.63. The smallest absolute Gasteiger partial charge is 0.254 e. The minimum absolute atomic E-state index is 0.00491. The highest BCUT2D eigenvalue weighted by atomic mass is 19.1. The van der Waals surface area contributed by atoms with Crippen molar-refractivity contribution < 1.29 is 13.9 Å². The van der Waals surface area contributed by atoms with Crippen LogP contribution in [0.5, 0.6) is 0 Å². The number of hydrogen-bond acceptors (Lipinski definition) is 4. The summed E-state index contributed by atoms with van der Waals surface area (Å²) in [6.45, 7) is 5.67. The van der Waals surface area contributed by atoms with Crippen molar-refractivity contribution in [2.24, 2.45) is 5.92 Å². The molecule has 3 fully saturated rings. The van der Waals surface area contributed by atoms with E-state index in [-0.39, 0.29) is 17.8 Å². The van der Waals surface area contributed by atoms with Crippen molar-refractivity contribution in [3.05, 3.63) is 41.3 Å². The summed E-state index contributed by atoms with van der Waals surface area (Å²) in [6.07, 6.45) is 2.61. The molecule has 5 rings (SSSR count). The first-order valence-corrected chi connectivity index (χ1v) is 9.80. The van der Waals surface area contributed by atoms with Crippen LogP contribution in [0.15, 0.2) is 24.3 Å². The summed E-state index contributed by atoms with van der Waals surface area (Å²) in [4.78, 5) is 22.2. The van der Waals surface area contributed by atoms with E-state index in [0.29, 0.717) is 35.7 Å². The molecule has 1 aromatic carbocycles. The number of pyridine rings is 1. The van der Waals surface area contributed by atoms with Crippen LogP contribution in [0.25, 0.3) is 10.9 Å². The molecule has 3 aliphatic rings. The maximum Gasteiger partial charge on any atom is 0.254 e. The SMILES string of the molecule is Cc1cc(C(=O)N2CCN3[C@@H](COC[C@@H]3C3CC3)C2)c2ccc(F)cc2n1. The van der Waals surface area contributed by atoms with E-state index in [4.69, 9.17) is 4.74 Å². The first-order chi connectivity index (χ1) is 13.1. The van der Waals surface area contributed by atoms with Crippen molar-refractivity contribution in [2.45, 2.75) is 31.8 Å². The zero-order valence-corrected chi connectivity index (χ0v) is 15.5. The van der Waals surface area contributed by atoms with Gasteiger partial charge in [0, 0.05) is 42.8 Å². The van der Waals surface area contributed by atoms with Gasteiger partial charge in [0.2, 0.25) is 0 Å². The number of aromatic nitrogens is 1. The number of carbonyl (C=O) groups is 1. The number of ether oxygens (including phenoxy) is 1. The van der Waals surface area contributed by atoms with Crippen LogP contribution in [0.4, 0.5) is 4.39 Å². The molecule has 0 unspecified atom stereocenters. The molecule has 0 radical (unpaired) electrons. The maximum absolute atomic E-state index is 13.6. The Kier molecular flexibility index (Phi) is 4.13. The second-order valence-electron chi connectivity index (χ2n) is 8.06. The van der Waals surface area contributed by atoms with Crippen molar-refractivity contribution in [3.63, 3.8) is 0 Å². The van der Waals surface area contributed by atoms with Crippen LogP contribution in [0.3, 0.4) is 0 Å². The number of benzene rings is 1. The third-order valence-electron chi connectivity index (χ3n) is 6.14. The number of amides is 1. The molecule has 1 aliphatic carbocycles. The number of fused-ring (bicyclic) bond motifs is 2. The molecule has 3 heterocycles. The quantitative estimate of drug-likeness (QED) is 0.816. The van der Waals surface area contributed by atoms with Crippen LogP contribution < -0.4 is 0 Å². The Labute approximate surface area is 158 Å². The zero-order chi connectivity index (χ0) is 18.5. The summed E-state index contributed by atoms with van der Waals surface area (Å²) >= 11 is 0. The van der Waals surface area contributed by atoms with E-state index in [2.05, 4.69) is 9.88 Å². The third kappa shape index (κ3) is 3.11. The maximum atomic E-state index is 13.6. The van der Waals surface area contributed by atoms with Crippen LogP contribution in [-0.2, 0) is 4.74 Å². The second-order valence-corrected chi connectivity index (χ2v) is 8.06. The average Bonchev–Trinajstić information content (AvgIpc) is 3.50. The molecular formula is C21H24FN3O2. The monoisotopic (exact) mass is 369 g/mol. The normalized spacial score (nSPS) is 26.2. The van der Waals surface area contributed by atoms with Gasteiger partial charge in [0.1, 0.15) is 5.82 Å². The van der Waals surface area contributed by atoms with Crippen molar-refractivity contribution >= 4 is 16.8 Å². The molecule has 2 aliphatic heterocycles. The van der Waals surface area contributed by atoms with E-state index in [1.807, 2.05) is 17.9 Å². The van der Waals surface area contributed by atoms with Gasteiger partial charge in [0.15, 0.2) is 0 Å². The summed E-state index contributed by atoms with van der Waals surface area (Å²) in [5.41, 5.74) is 1.87. The second kappa shape index (κ2) is 6.53. The number of rotatable bonds is 2. The van der Waals surface area contributed by atoms with Gasteiger partial charge in [0.25, 0.3) is 5.91 Å². The Hall–Kier alpha value is -2.05. The molecule has 5 nitrogen and oxygen atoms in total. The van der Waals surface area contributed by atoms with Gasteiger partial charge in [0.05, 0.1) is 30.3 Å². The highest BCUT2D eigenvalue weighted by Crippen LogP contribution is 2.38. The molecule has 1 aromatic heterocycles. The van der Waals surface area contributed by atoms with Crippen molar-refractivity contribution in [2.75, 3.05) is 32.8 Å². The molecule has 2 saturated heterocycles. The highest BCUT2D eigenvalue weighted by molar-refractivity contribution is 6.06. The largest absolute Gasteiger partial charge is 0.378 e. The number of hydrogen-bond donors (Lipinski definition) is 0. The predicted molar refractivity (Wildman–Crippen MR) is 100 cm³/mol. The van der Waals surface area contributed by atoms with Gasteiger partial charge in [-0.15, -0.1) is 0 Å². The lowest BCUT2D eigenvalue weighted by molar-refractivity contribution is -0.0816. The number of nitrogens with zero attached hydrogens (tertiary/aromatic N) is 3. The van der Waals surface area contributed by atoms with Gasteiger partial charge < -0.3 is 9.64 Å². The van der Waals surface area contributed by atoms with Crippen LogP contribution in [0, 0.1) is 18.7 Å². The van der Waals surface area contributed by atoms with Crippen LogP contribution in [-0.4, -0.2) is 65.6 Å². The molecule has 0 spiro atoms. The molecule has 2 aromatic rings. The first-order valence-electron chi connectivity index (χ1n) is 9.80. The molecule has 27 heavy (non-hydrogen) atoms. The molecule has 0 bridgehead atoms. The lowest BCUT2D eigenvalue weighted by atomic mass is 10.0. The molecule has 6 heteroatoms. The Morgan fingerprint density at radius 3 is 2.89 bits per heavy atom. The molecular weight excluding hydrogens is 345 g/mol. The van der Waals surface area contributed by atoms with E-state index in [0.717, 1.165) is 31.3 Å². The number of morpholine rings is 1. The minimum atomic E-state index is -0.335. The predicted octanol–water partition coefficient (Wildman–Crippen LogP) is 2.62. The Morgan fingerprint density at radius 1 is 1.22 bits per heavy atom. The Bertz CT molecular complexity index is 893. The Balaban J connectivity index is 1.41. The summed E-state index contributed by atoms with van der Waals surface area (Å²) in [6, 6.07) is 7.06. The zero-order valence-electron chi connectivity index (χ0n) is 15.5. The van der Waals surface area contributed by atoms with Crippen molar-refractivity contribution in [1.82, 2.24) is 14.8 Å². The van der Waals surface area contributed by atoms with E-state index >= 15 is 0 Å². The van der Waals surface area contributed by atoms with Gasteiger partial charge in [-0.25, -0.2) is 4.39 Å². The number of carbonyl (C=O) groups excluding carboxylic acids is 1. The molecule has 1 saturated carbocycles. The van der Waals surface area contributed by atoms with Crippen LogP contribution >= 0.6 is 0 Å². The van der Waals surface area contributed by atoms with Gasteiger partial charge in [-0.3, -0.25) is 14.7 Å². The summed E-state index contributed by atoms with van der Waals surface area (Å²) in [5.74, 6) is 0.445. The molecule has 1 amide bonds. The fraction of sp³-hybridized carbons (Fsp3) is 0.524. The molecule has 142 valence electrons. The van der Waals surface area contributed by atoms with E-state index < -0.39 is 0 Å². The molecule has 2 atom stereocenters. The fourth-order valence-corrected chi connectivity index (χ4v) is 4.63. The van der Waals surface area contributed by atoms with E-state index in [1.54, 1.807) is 6.07 Å². The minimum Gasteiger partial charge on any atom is -0.378 e. The number of piperazine rings is 1. The lowest BCUT2D eigenvalue weighted by Crippen LogP contribution is -2.63. The summed E-state index contributed by atoms with van der Waals surface area (Å²) in [7, 11) is 0. The average molecular weight is 369 g/mol. The van der Waals surface area contributed by atoms with Gasteiger partial charge in [-0.1, -0.05) is 0 Å².